The summed E-state index contributed by atoms with van der Waals surface area (Å²) in [6.07, 6.45) is -4.94. The number of ether oxygens (including phenoxy) is 1. The maximum atomic E-state index is 12.6. The van der Waals surface area contributed by atoms with Crippen LogP contribution in [0.1, 0.15) is 30.1 Å². The zero-order chi connectivity index (χ0) is 14.5. The molecule has 0 radical (unpaired) electrons. The minimum Gasteiger partial charge on any atom is -0.377 e. The highest BCUT2D eigenvalue weighted by molar-refractivity contribution is 5.74. The first-order valence-electron chi connectivity index (χ1n) is 5.51. The summed E-state index contributed by atoms with van der Waals surface area (Å²) in [6.45, 7) is 0. The number of hydroxylamine groups is 1. The first-order chi connectivity index (χ1) is 8.88. The SMILES string of the molecule is COC(CCC(=O)NO)c1cccc(C(F)(F)F)c1. The maximum Gasteiger partial charge on any atom is 0.416 e. The summed E-state index contributed by atoms with van der Waals surface area (Å²) in [5, 5.41) is 8.35. The van der Waals surface area contributed by atoms with Crippen LogP contribution in [0.5, 0.6) is 0 Å². The largest absolute Gasteiger partial charge is 0.416 e. The molecule has 1 unspecified atom stereocenters. The van der Waals surface area contributed by atoms with E-state index in [0.29, 0.717) is 5.56 Å². The van der Waals surface area contributed by atoms with Crippen LogP contribution >= 0.6 is 0 Å². The van der Waals surface area contributed by atoms with Crippen molar-refractivity contribution in [2.75, 3.05) is 7.11 Å². The van der Waals surface area contributed by atoms with Gasteiger partial charge in [0.25, 0.3) is 0 Å². The number of halogens is 3. The van der Waals surface area contributed by atoms with Crippen molar-refractivity contribution in [1.82, 2.24) is 5.48 Å². The number of methoxy groups -OCH3 is 1. The Morgan fingerprint density at radius 1 is 1.47 bits per heavy atom. The average Bonchev–Trinajstić information content (AvgIpc) is 2.38. The Bertz CT molecular complexity index is 434. The Labute approximate surface area is 108 Å². The molecule has 1 atom stereocenters. The van der Waals surface area contributed by atoms with Gasteiger partial charge in [0.15, 0.2) is 0 Å². The third-order valence-electron chi connectivity index (χ3n) is 2.63. The zero-order valence-corrected chi connectivity index (χ0v) is 10.2. The van der Waals surface area contributed by atoms with E-state index in [-0.39, 0.29) is 12.8 Å². The lowest BCUT2D eigenvalue weighted by Crippen LogP contribution is -2.19. The molecule has 0 aromatic heterocycles. The molecule has 1 aromatic carbocycles. The molecule has 1 amide bonds. The maximum absolute atomic E-state index is 12.6. The van der Waals surface area contributed by atoms with Gasteiger partial charge in [0, 0.05) is 13.5 Å². The third-order valence-corrected chi connectivity index (χ3v) is 2.63. The molecule has 0 saturated carbocycles. The molecule has 0 saturated heterocycles. The van der Waals surface area contributed by atoms with Crippen LogP contribution in [0.25, 0.3) is 0 Å². The lowest BCUT2D eigenvalue weighted by Gasteiger charge is -2.17. The predicted molar refractivity (Wildman–Crippen MR) is 60.4 cm³/mol. The number of amides is 1. The predicted octanol–water partition coefficient (Wildman–Crippen LogP) is 2.68. The highest BCUT2D eigenvalue weighted by Gasteiger charge is 2.31. The second-order valence-corrected chi connectivity index (χ2v) is 3.92. The molecule has 2 N–H and O–H groups in total. The van der Waals surface area contributed by atoms with E-state index >= 15 is 0 Å². The minimum atomic E-state index is -4.42. The van der Waals surface area contributed by atoms with Crippen molar-refractivity contribution in [2.24, 2.45) is 0 Å². The lowest BCUT2D eigenvalue weighted by atomic mass is 10.0. The van der Waals surface area contributed by atoms with E-state index in [1.807, 2.05) is 0 Å². The van der Waals surface area contributed by atoms with Crippen LogP contribution in [0.15, 0.2) is 24.3 Å². The van der Waals surface area contributed by atoms with Gasteiger partial charge in [-0.05, 0) is 24.1 Å². The van der Waals surface area contributed by atoms with E-state index in [1.165, 1.54) is 24.7 Å². The molecule has 7 heteroatoms. The van der Waals surface area contributed by atoms with Crippen molar-refractivity contribution >= 4 is 5.91 Å². The molecular weight excluding hydrogens is 263 g/mol. The van der Waals surface area contributed by atoms with E-state index in [9.17, 15) is 18.0 Å². The average molecular weight is 277 g/mol. The number of benzene rings is 1. The summed E-state index contributed by atoms with van der Waals surface area (Å²) >= 11 is 0. The van der Waals surface area contributed by atoms with E-state index in [1.54, 1.807) is 0 Å². The topological polar surface area (TPSA) is 58.6 Å². The lowest BCUT2D eigenvalue weighted by molar-refractivity contribution is -0.137. The van der Waals surface area contributed by atoms with Gasteiger partial charge in [-0.3, -0.25) is 10.0 Å². The molecule has 0 fully saturated rings. The Hall–Kier alpha value is -1.60. The summed E-state index contributed by atoms with van der Waals surface area (Å²) in [4.78, 5) is 10.9. The van der Waals surface area contributed by atoms with Gasteiger partial charge in [-0.2, -0.15) is 13.2 Å². The number of nitrogens with one attached hydrogen (secondary N) is 1. The summed E-state index contributed by atoms with van der Waals surface area (Å²) in [5.41, 5.74) is 1.03. The first kappa shape index (κ1) is 15.5. The highest BCUT2D eigenvalue weighted by Crippen LogP contribution is 2.32. The van der Waals surface area contributed by atoms with Crippen molar-refractivity contribution < 1.29 is 27.9 Å². The van der Waals surface area contributed by atoms with Crippen molar-refractivity contribution in [3.63, 3.8) is 0 Å². The summed E-state index contributed by atoms with van der Waals surface area (Å²) in [7, 11) is 1.35. The van der Waals surface area contributed by atoms with Crippen LogP contribution in [-0.2, 0) is 15.7 Å². The third kappa shape index (κ3) is 4.53. The smallest absolute Gasteiger partial charge is 0.377 e. The number of hydrogen-bond donors (Lipinski definition) is 2. The second kappa shape index (κ2) is 6.53. The molecule has 0 aliphatic rings. The van der Waals surface area contributed by atoms with E-state index in [2.05, 4.69) is 0 Å². The summed E-state index contributed by atoms with van der Waals surface area (Å²) in [6, 6.07) is 4.75. The normalized spacial score (nSPS) is 13.1. The molecule has 19 heavy (non-hydrogen) atoms. The van der Waals surface area contributed by atoms with Gasteiger partial charge in [0.2, 0.25) is 5.91 Å². The van der Waals surface area contributed by atoms with Gasteiger partial charge in [-0.25, -0.2) is 5.48 Å². The molecule has 1 rings (SSSR count). The molecule has 0 bridgehead atoms. The van der Waals surface area contributed by atoms with Crippen LogP contribution < -0.4 is 5.48 Å². The van der Waals surface area contributed by atoms with Crippen LogP contribution in [0, 0.1) is 0 Å². The number of rotatable bonds is 5. The molecule has 4 nitrogen and oxygen atoms in total. The van der Waals surface area contributed by atoms with Crippen molar-refractivity contribution in [3.8, 4) is 0 Å². The fraction of sp³-hybridized carbons (Fsp3) is 0.417. The fourth-order valence-corrected chi connectivity index (χ4v) is 1.65. The molecule has 0 aliphatic heterocycles. The van der Waals surface area contributed by atoms with E-state index in [0.717, 1.165) is 12.1 Å². The van der Waals surface area contributed by atoms with E-state index < -0.39 is 23.8 Å². The molecule has 0 spiro atoms. The Balaban J connectivity index is 2.84. The zero-order valence-electron chi connectivity index (χ0n) is 10.2. The van der Waals surface area contributed by atoms with Crippen LogP contribution in [0.3, 0.4) is 0 Å². The molecule has 1 aromatic rings. The van der Waals surface area contributed by atoms with Crippen molar-refractivity contribution in [2.45, 2.75) is 25.1 Å². The van der Waals surface area contributed by atoms with Gasteiger partial charge in [0.05, 0.1) is 11.7 Å². The van der Waals surface area contributed by atoms with Gasteiger partial charge >= 0.3 is 6.18 Å². The monoisotopic (exact) mass is 277 g/mol. The number of carbonyl (C=O) groups excluding carboxylic acids is 1. The van der Waals surface area contributed by atoms with Crippen LogP contribution in [0.4, 0.5) is 13.2 Å². The van der Waals surface area contributed by atoms with Gasteiger partial charge < -0.3 is 4.74 Å². The second-order valence-electron chi connectivity index (χ2n) is 3.92. The van der Waals surface area contributed by atoms with Crippen molar-refractivity contribution in [1.29, 1.82) is 0 Å². The van der Waals surface area contributed by atoms with Crippen LogP contribution in [-0.4, -0.2) is 18.2 Å². The molecule has 0 aliphatic carbocycles. The Morgan fingerprint density at radius 3 is 2.68 bits per heavy atom. The Morgan fingerprint density at radius 2 is 2.16 bits per heavy atom. The highest BCUT2D eigenvalue weighted by atomic mass is 19.4. The summed E-state index contributed by atoms with van der Waals surface area (Å²) in [5.74, 6) is -0.617. The summed E-state index contributed by atoms with van der Waals surface area (Å²) < 4.78 is 42.8. The molecule has 0 heterocycles. The minimum absolute atomic E-state index is 0.0503. The number of alkyl halides is 3. The van der Waals surface area contributed by atoms with Gasteiger partial charge in [-0.15, -0.1) is 0 Å². The van der Waals surface area contributed by atoms with E-state index in [4.69, 9.17) is 9.94 Å². The standard InChI is InChI=1S/C12H14F3NO3/c1-19-10(5-6-11(17)16-18)8-3-2-4-9(7-8)12(13,14)15/h2-4,7,10,18H,5-6H2,1H3,(H,16,17). The van der Waals surface area contributed by atoms with Crippen LogP contribution in [0.2, 0.25) is 0 Å². The molecular formula is C12H14F3NO3. The quantitative estimate of drug-likeness (QED) is 0.642. The fourth-order valence-electron chi connectivity index (χ4n) is 1.65. The van der Waals surface area contributed by atoms with Gasteiger partial charge in [0.1, 0.15) is 0 Å². The number of carbonyl (C=O) groups is 1. The first-order valence-corrected chi connectivity index (χ1v) is 5.51. The van der Waals surface area contributed by atoms with Gasteiger partial charge in [-0.1, -0.05) is 12.1 Å². The Kier molecular flexibility index (Phi) is 5.31. The van der Waals surface area contributed by atoms with Crippen molar-refractivity contribution in [3.05, 3.63) is 35.4 Å². The number of hydrogen-bond acceptors (Lipinski definition) is 3. The molecule has 106 valence electrons.